The molecule has 0 aliphatic carbocycles. The van der Waals surface area contributed by atoms with Crippen LogP contribution in [0.25, 0.3) is 0 Å². The van der Waals surface area contributed by atoms with Gasteiger partial charge in [-0.1, -0.05) is 13.0 Å². The minimum atomic E-state index is 0.118. The minimum Gasteiger partial charge on any atom is -0.294 e. The molecule has 0 aliphatic rings. The summed E-state index contributed by atoms with van der Waals surface area (Å²) < 4.78 is 0. The van der Waals surface area contributed by atoms with E-state index in [0.29, 0.717) is 17.5 Å². The van der Waals surface area contributed by atoms with Gasteiger partial charge < -0.3 is 0 Å². The van der Waals surface area contributed by atoms with Crippen molar-refractivity contribution < 1.29 is 4.79 Å². The lowest BCUT2D eigenvalue weighted by molar-refractivity contribution is 0.0988. The number of hydrogen-bond donors (Lipinski definition) is 0. The molecule has 0 atom stereocenters. The van der Waals surface area contributed by atoms with Gasteiger partial charge in [0.2, 0.25) is 0 Å². The van der Waals surface area contributed by atoms with Crippen LogP contribution in [0.1, 0.15) is 34.8 Å². The first-order chi connectivity index (χ1) is 6.19. The van der Waals surface area contributed by atoms with Crippen molar-refractivity contribution in [2.75, 3.05) is 0 Å². The summed E-state index contributed by atoms with van der Waals surface area (Å²) in [6, 6.07) is 7.23. The molecule has 0 saturated carbocycles. The molecule has 0 heterocycles. The van der Waals surface area contributed by atoms with Gasteiger partial charge in [-0.15, -0.1) is 0 Å². The van der Waals surface area contributed by atoms with Crippen LogP contribution in [0, 0.1) is 18.3 Å². The van der Waals surface area contributed by atoms with Crippen molar-refractivity contribution in [1.82, 2.24) is 0 Å². The fourth-order valence-corrected chi connectivity index (χ4v) is 1.17. The van der Waals surface area contributed by atoms with Gasteiger partial charge in [-0.2, -0.15) is 5.26 Å². The van der Waals surface area contributed by atoms with Gasteiger partial charge in [-0.25, -0.2) is 0 Å². The number of nitriles is 1. The molecule has 1 rings (SSSR count). The van der Waals surface area contributed by atoms with Gasteiger partial charge in [0, 0.05) is 12.0 Å². The lowest BCUT2D eigenvalue weighted by Gasteiger charge is -2.00. The summed E-state index contributed by atoms with van der Waals surface area (Å²) in [5, 5.41) is 8.67. The number of benzene rings is 1. The van der Waals surface area contributed by atoms with Crippen LogP contribution in [0.5, 0.6) is 0 Å². The number of carbonyl (C=O) groups is 1. The van der Waals surface area contributed by atoms with Crippen molar-refractivity contribution in [3.8, 4) is 6.07 Å². The van der Waals surface area contributed by atoms with E-state index >= 15 is 0 Å². The molecule has 0 aromatic heterocycles. The third-order valence-corrected chi connectivity index (χ3v) is 1.99. The second-order valence-corrected chi connectivity index (χ2v) is 2.92. The number of carbonyl (C=O) groups excluding carboxylic acids is 1. The fraction of sp³-hybridized carbons (Fsp3) is 0.273. The monoisotopic (exact) mass is 173 g/mol. The highest BCUT2D eigenvalue weighted by Gasteiger charge is 2.04. The van der Waals surface area contributed by atoms with Gasteiger partial charge in [0.1, 0.15) is 0 Å². The predicted octanol–water partition coefficient (Wildman–Crippen LogP) is 2.46. The van der Waals surface area contributed by atoms with E-state index in [2.05, 4.69) is 6.07 Å². The Balaban J connectivity index is 3.11. The van der Waals surface area contributed by atoms with Gasteiger partial charge in [-0.3, -0.25) is 4.79 Å². The van der Waals surface area contributed by atoms with Crippen LogP contribution in [0.3, 0.4) is 0 Å². The average Bonchev–Trinajstić information content (AvgIpc) is 2.16. The van der Waals surface area contributed by atoms with E-state index in [1.54, 1.807) is 18.2 Å². The van der Waals surface area contributed by atoms with Crippen LogP contribution in [0.15, 0.2) is 18.2 Å². The van der Waals surface area contributed by atoms with Crippen LogP contribution < -0.4 is 0 Å². The summed E-state index contributed by atoms with van der Waals surface area (Å²) in [7, 11) is 0. The van der Waals surface area contributed by atoms with Gasteiger partial charge in [0.25, 0.3) is 0 Å². The molecule has 2 heteroatoms. The average molecular weight is 173 g/mol. The zero-order valence-electron chi connectivity index (χ0n) is 7.79. The molecule has 0 fully saturated rings. The maximum atomic E-state index is 11.3. The highest BCUT2D eigenvalue weighted by atomic mass is 16.1. The fourth-order valence-electron chi connectivity index (χ4n) is 1.17. The number of rotatable bonds is 2. The Kier molecular flexibility index (Phi) is 2.81. The number of nitrogens with zero attached hydrogens (tertiary/aromatic N) is 1. The Morgan fingerprint density at radius 2 is 2.23 bits per heavy atom. The topological polar surface area (TPSA) is 40.9 Å². The van der Waals surface area contributed by atoms with E-state index < -0.39 is 0 Å². The van der Waals surface area contributed by atoms with Crippen molar-refractivity contribution in [3.05, 3.63) is 34.9 Å². The lowest BCUT2D eigenvalue weighted by atomic mass is 10.0. The molecule has 0 aliphatic heterocycles. The van der Waals surface area contributed by atoms with Crippen LogP contribution in [0.2, 0.25) is 0 Å². The van der Waals surface area contributed by atoms with Crippen molar-refractivity contribution in [1.29, 1.82) is 5.26 Å². The van der Waals surface area contributed by atoms with Gasteiger partial charge >= 0.3 is 0 Å². The normalized spacial score (nSPS) is 9.31. The first kappa shape index (κ1) is 9.47. The third kappa shape index (κ3) is 1.94. The molecule has 0 N–H and O–H groups in total. The lowest BCUT2D eigenvalue weighted by Crippen LogP contribution is -1.97. The van der Waals surface area contributed by atoms with Gasteiger partial charge in [0.15, 0.2) is 5.78 Å². The SMILES string of the molecule is CCC(=O)c1ccc(C#N)c(C)c1. The summed E-state index contributed by atoms with van der Waals surface area (Å²) in [5.41, 5.74) is 2.19. The molecule has 1 aromatic carbocycles. The smallest absolute Gasteiger partial charge is 0.162 e. The highest BCUT2D eigenvalue weighted by Crippen LogP contribution is 2.11. The Morgan fingerprint density at radius 3 is 2.69 bits per heavy atom. The summed E-state index contributed by atoms with van der Waals surface area (Å²) in [5.74, 6) is 0.118. The first-order valence-electron chi connectivity index (χ1n) is 4.23. The Labute approximate surface area is 77.8 Å². The summed E-state index contributed by atoms with van der Waals surface area (Å²) >= 11 is 0. The summed E-state index contributed by atoms with van der Waals surface area (Å²) in [6.45, 7) is 3.67. The van der Waals surface area contributed by atoms with E-state index in [1.165, 1.54) is 0 Å². The van der Waals surface area contributed by atoms with E-state index in [9.17, 15) is 4.79 Å². The Morgan fingerprint density at radius 1 is 1.54 bits per heavy atom. The minimum absolute atomic E-state index is 0.118. The molecule has 0 saturated heterocycles. The highest BCUT2D eigenvalue weighted by molar-refractivity contribution is 5.96. The second-order valence-electron chi connectivity index (χ2n) is 2.92. The zero-order valence-corrected chi connectivity index (χ0v) is 7.79. The van der Waals surface area contributed by atoms with E-state index in [-0.39, 0.29) is 5.78 Å². The molecular formula is C11H11NO. The molecule has 0 spiro atoms. The van der Waals surface area contributed by atoms with E-state index in [0.717, 1.165) is 5.56 Å². The third-order valence-electron chi connectivity index (χ3n) is 1.99. The molecular weight excluding hydrogens is 162 g/mol. The van der Waals surface area contributed by atoms with Crippen molar-refractivity contribution in [2.45, 2.75) is 20.3 Å². The van der Waals surface area contributed by atoms with Crippen LogP contribution in [-0.2, 0) is 0 Å². The van der Waals surface area contributed by atoms with Gasteiger partial charge in [-0.05, 0) is 24.6 Å². The first-order valence-corrected chi connectivity index (χ1v) is 4.23. The molecule has 2 nitrogen and oxygen atoms in total. The second kappa shape index (κ2) is 3.86. The van der Waals surface area contributed by atoms with Crippen LogP contribution >= 0.6 is 0 Å². The van der Waals surface area contributed by atoms with Crippen LogP contribution in [0.4, 0.5) is 0 Å². The number of aryl methyl sites for hydroxylation is 1. The van der Waals surface area contributed by atoms with Crippen molar-refractivity contribution in [2.24, 2.45) is 0 Å². The molecule has 0 radical (unpaired) electrons. The molecule has 0 amide bonds. The molecule has 13 heavy (non-hydrogen) atoms. The van der Waals surface area contributed by atoms with E-state index in [4.69, 9.17) is 5.26 Å². The predicted molar refractivity (Wildman–Crippen MR) is 50.5 cm³/mol. The Hall–Kier alpha value is -1.62. The summed E-state index contributed by atoms with van der Waals surface area (Å²) in [6.07, 6.45) is 0.505. The molecule has 66 valence electrons. The van der Waals surface area contributed by atoms with Crippen molar-refractivity contribution in [3.63, 3.8) is 0 Å². The Bertz CT molecular complexity index is 374. The van der Waals surface area contributed by atoms with Gasteiger partial charge in [0.05, 0.1) is 11.6 Å². The molecule has 0 unspecified atom stereocenters. The number of ketones is 1. The maximum absolute atomic E-state index is 11.3. The van der Waals surface area contributed by atoms with E-state index in [1.807, 2.05) is 13.8 Å². The summed E-state index contributed by atoms with van der Waals surface area (Å²) in [4.78, 5) is 11.3. The molecule has 0 bridgehead atoms. The molecule has 1 aromatic rings. The zero-order chi connectivity index (χ0) is 9.84. The van der Waals surface area contributed by atoms with Crippen molar-refractivity contribution >= 4 is 5.78 Å². The number of hydrogen-bond acceptors (Lipinski definition) is 2. The van der Waals surface area contributed by atoms with Crippen LogP contribution in [-0.4, -0.2) is 5.78 Å². The standard InChI is InChI=1S/C11H11NO/c1-3-11(13)9-4-5-10(7-12)8(2)6-9/h4-6H,3H2,1-2H3. The quantitative estimate of drug-likeness (QED) is 0.644. The largest absolute Gasteiger partial charge is 0.294 e. The maximum Gasteiger partial charge on any atom is 0.162 e. The number of Topliss-reactive ketones (excluding diaryl/α,β-unsaturated/α-hetero) is 1.